The van der Waals surface area contributed by atoms with Crippen LogP contribution in [0.4, 0.5) is 6.01 Å². The summed E-state index contributed by atoms with van der Waals surface area (Å²) < 4.78 is 40.4. The summed E-state index contributed by atoms with van der Waals surface area (Å²) in [6, 6.07) is 8.10. The fourth-order valence-electron chi connectivity index (χ4n) is 3.37. The molecular weight excluding hydrogens is 394 g/mol. The summed E-state index contributed by atoms with van der Waals surface area (Å²) in [6.45, 7) is 6.06. The Labute approximate surface area is 172 Å². The molecule has 1 aromatic carbocycles. The molecule has 0 N–H and O–H groups in total. The van der Waals surface area contributed by atoms with Crippen molar-refractivity contribution in [2.24, 2.45) is 5.92 Å². The minimum absolute atomic E-state index is 0.123. The van der Waals surface area contributed by atoms with Gasteiger partial charge in [0.2, 0.25) is 0 Å². The highest BCUT2D eigenvalue weighted by Gasteiger charge is 2.30. The van der Waals surface area contributed by atoms with Crippen LogP contribution in [0.25, 0.3) is 0 Å². The van der Waals surface area contributed by atoms with Crippen molar-refractivity contribution < 1.29 is 22.4 Å². The predicted molar refractivity (Wildman–Crippen MR) is 108 cm³/mol. The Hall–Kier alpha value is -2.13. The maximum atomic E-state index is 11.8. The van der Waals surface area contributed by atoms with E-state index in [2.05, 4.69) is 21.1 Å². The van der Waals surface area contributed by atoms with Crippen LogP contribution in [-0.2, 0) is 14.6 Å². The summed E-state index contributed by atoms with van der Waals surface area (Å²) in [7, 11) is -1.70. The van der Waals surface area contributed by atoms with Crippen LogP contribution in [0.15, 0.2) is 27.6 Å². The highest BCUT2D eigenvalue weighted by atomic mass is 32.2. The van der Waals surface area contributed by atoms with Crippen molar-refractivity contribution in [3.05, 3.63) is 30.1 Å². The van der Waals surface area contributed by atoms with Gasteiger partial charge in [-0.3, -0.25) is 0 Å². The Morgan fingerprint density at radius 2 is 2.07 bits per heavy atom. The Balaban J connectivity index is 1.65. The first-order valence-electron chi connectivity index (χ1n) is 9.74. The van der Waals surface area contributed by atoms with E-state index in [-0.39, 0.29) is 22.8 Å². The lowest BCUT2D eigenvalue weighted by atomic mass is 9.91. The van der Waals surface area contributed by atoms with Crippen LogP contribution in [0, 0.1) is 12.0 Å². The van der Waals surface area contributed by atoms with Crippen LogP contribution in [0.1, 0.15) is 38.4 Å². The normalized spacial score (nSPS) is 16.9. The number of methoxy groups -OCH3 is 1. The molecule has 0 bridgehead atoms. The van der Waals surface area contributed by atoms with Gasteiger partial charge in [0.15, 0.2) is 15.7 Å². The Morgan fingerprint density at radius 3 is 2.66 bits per heavy atom. The van der Waals surface area contributed by atoms with Crippen molar-refractivity contribution in [1.29, 1.82) is 0 Å². The molecule has 2 aromatic rings. The van der Waals surface area contributed by atoms with Gasteiger partial charge in [0, 0.05) is 44.4 Å². The molecule has 0 aliphatic carbocycles. The van der Waals surface area contributed by atoms with E-state index in [0.29, 0.717) is 24.2 Å². The number of rotatable bonds is 8. The summed E-state index contributed by atoms with van der Waals surface area (Å²) in [5.41, 5.74) is 0. The number of benzene rings is 1. The molecule has 3 rings (SSSR count). The van der Waals surface area contributed by atoms with Crippen LogP contribution < -0.4 is 9.64 Å². The molecule has 1 saturated heterocycles. The van der Waals surface area contributed by atoms with Crippen LogP contribution >= 0.6 is 0 Å². The molecule has 1 aromatic heterocycles. The molecule has 1 aliphatic heterocycles. The second-order valence-corrected chi connectivity index (χ2v) is 9.67. The largest absolute Gasteiger partial charge is 0.488 e. The molecule has 29 heavy (non-hydrogen) atoms. The fourth-order valence-corrected chi connectivity index (χ4v) is 3.98. The number of hydrogen-bond donors (Lipinski definition) is 0. The summed E-state index contributed by atoms with van der Waals surface area (Å²) in [5.74, 6) is 1.71. The van der Waals surface area contributed by atoms with Gasteiger partial charge in [-0.15, -0.1) is 0 Å². The van der Waals surface area contributed by atoms with E-state index in [4.69, 9.17) is 14.0 Å². The first kappa shape index (κ1) is 21.6. The number of anilines is 1. The lowest BCUT2D eigenvalue weighted by Gasteiger charge is -2.35. The van der Waals surface area contributed by atoms with E-state index in [9.17, 15) is 8.42 Å². The first-order chi connectivity index (χ1) is 13.8. The van der Waals surface area contributed by atoms with Crippen molar-refractivity contribution in [1.82, 2.24) is 10.1 Å². The molecule has 1 atom stereocenters. The van der Waals surface area contributed by atoms with Crippen LogP contribution in [-0.4, -0.2) is 57.7 Å². The van der Waals surface area contributed by atoms with E-state index in [1.807, 2.05) is 13.8 Å². The van der Waals surface area contributed by atoms with E-state index in [1.54, 1.807) is 19.2 Å². The van der Waals surface area contributed by atoms with Crippen LogP contribution in [0.5, 0.6) is 5.75 Å². The molecular formula is C20H28N3O5S. The Kier molecular flexibility index (Phi) is 6.79. The first-order valence-corrected chi connectivity index (χ1v) is 11.6. The summed E-state index contributed by atoms with van der Waals surface area (Å²) in [5, 5.41) is 4.03. The quantitative estimate of drug-likeness (QED) is 0.641. The van der Waals surface area contributed by atoms with Gasteiger partial charge in [0.25, 0.3) is 0 Å². The number of piperidine rings is 1. The molecule has 0 saturated carbocycles. The summed E-state index contributed by atoms with van der Waals surface area (Å²) >= 11 is 0. The second-order valence-electron chi connectivity index (χ2n) is 7.69. The molecule has 8 nitrogen and oxygen atoms in total. The van der Waals surface area contributed by atoms with Gasteiger partial charge in [-0.1, -0.05) is 19.0 Å². The molecule has 1 aliphatic rings. The standard InChI is InChI=1S/C20H28N3O5S/c1-14(2)19-21-20(28-22-19)23-10-8-15(9-11-23)18(13-26-3)27-16-6-5-7-17(12-16)29(4,24)25/h5-6,12,14-15,18H,8-11,13H2,1-4H3. The van der Waals surface area contributed by atoms with Crippen molar-refractivity contribution in [2.45, 2.75) is 43.6 Å². The minimum Gasteiger partial charge on any atom is -0.488 e. The topological polar surface area (TPSA) is 94.8 Å². The van der Waals surface area contributed by atoms with Gasteiger partial charge >= 0.3 is 6.01 Å². The third-order valence-corrected chi connectivity index (χ3v) is 6.08. The van der Waals surface area contributed by atoms with Gasteiger partial charge in [0.05, 0.1) is 11.5 Å². The van der Waals surface area contributed by atoms with E-state index < -0.39 is 9.84 Å². The van der Waals surface area contributed by atoms with Gasteiger partial charge in [0.1, 0.15) is 11.9 Å². The fraction of sp³-hybridized carbons (Fsp3) is 0.600. The lowest BCUT2D eigenvalue weighted by molar-refractivity contribution is 0.0343. The van der Waals surface area contributed by atoms with Crippen LogP contribution in [0.2, 0.25) is 0 Å². The average Bonchev–Trinajstić information content (AvgIpc) is 3.18. The maximum absolute atomic E-state index is 11.8. The van der Waals surface area contributed by atoms with Crippen molar-refractivity contribution in [3.8, 4) is 5.75 Å². The maximum Gasteiger partial charge on any atom is 0.324 e. The zero-order chi connectivity index (χ0) is 21.0. The lowest BCUT2D eigenvalue weighted by Crippen LogP contribution is -2.41. The molecule has 159 valence electrons. The van der Waals surface area contributed by atoms with E-state index in [0.717, 1.165) is 32.2 Å². The molecule has 1 unspecified atom stereocenters. The van der Waals surface area contributed by atoms with E-state index >= 15 is 0 Å². The van der Waals surface area contributed by atoms with Crippen molar-refractivity contribution in [3.63, 3.8) is 0 Å². The molecule has 0 amide bonds. The number of sulfone groups is 1. The van der Waals surface area contributed by atoms with Crippen LogP contribution in [0.3, 0.4) is 0 Å². The SMILES string of the molecule is COCC(Oc1cc[c]c(S(C)(=O)=O)c1)C1CCN(c2nc(C(C)C)no2)CC1. The molecule has 1 fully saturated rings. The third-order valence-electron chi connectivity index (χ3n) is 5.05. The minimum atomic E-state index is -3.34. The van der Waals surface area contributed by atoms with Crippen molar-refractivity contribution in [2.75, 3.05) is 38.0 Å². The second kappa shape index (κ2) is 9.13. The number of hydrogen-bond acceptors (Lipinski definition) is 8. The molecule has 2 heterocycles. The van der Waals surface area contributed by atoms with Gasteiger partial charge in [-0.2, -0.15) is 4.98 Å². The van der Waals surface area contributed by atoms with Gasteiger partial charge < -0.3 is 18.9 Å². The smallest absolute Gasteiger partial charge is 0.324 e. The predicted octanol–water partition coefficient (Wildman–Crippen LogP) is 2.71. The number of aromatic nitrogens is 2. The third kappa shape index (κ3) is 5.48. The molecule has 1 radical (unpaired) electrons. The zero-order valence-corrected chi connectivity index (χ0v) is 18.1. The highest BCUT2D eigenvalue weighted by Crippen LogP contribution is 2.28. The zero-order valence-electron chi connectivity index (χ0n) is 17.3. The average molecular weight is 423 g/mol. The van der Waals surface area contributed by atoms with Gasteiger partial charge in [-0.25, -0.2) is 8.42 Å². The Morgan fingerprint density at radius 1 is 1.34 bits per heavy atom. The number of nitrogens with zero attached hydrogens (tertiary/aromatic N) is 3. The molecule has 9 heteroatoms. The monoisotopic (exact) mass is 422 g/mol. The summed E-state index contributed by atoms with van der Waals surface area (Å²) in [4.78, 5) is 6.69. The van der Waals surface area contributed by atoms with Crippen molar-refractivity contribution >= 4 is 15.9 Å². The Bertz CT molecular complexity index is 904. The molecule has 0 spiro atoms. The van der Waals surface area contributed by atoms with Gasteiger partial charge in [-0.05, 0) is 31.0 Å². The highest BCUT2D eigenvalue weighted by molar-refractivity contribution is 7.90. The van der Waals surface area contributed by atoms with E-state index in [1.165, 1.54) is 6.07 Å². The summed E-state index contributed by atoms with van der Waals surface area (Å²) in [6.07, 6.45) is 2.75. The number of ether oxygens (including phenoxy) is 2.